The van der Waals surface area contributed by atoms with Gasteiger partial charge in [-0.15, -0.1) is 11.8 Å². The second-order valence-electron chi connectivity index (χ2n) is 6.72. The number of hydrogen-bond acceptors (Lipinski definition) is 4. The van der Waals surface area contributed by atoms with E-state index in [1.165, 1.54) is 11.8 Å². The Balaban J connectivity index is 1.45. The lowest BCUT2D eigenvalue weighted by Gasteiger charge is -2.25. The van der Waals surface area contributed by atoms with E-state index in [-0.39, 0.29) is 18.2 Å². The van der Waals surface area contributed by atoms with Crippen LogP contribution in [0, 0.1) is 6.92 Å². The molecule has 1 unspecified atom stereocenters. The summed E-state index contributed by atoms with van der Waals surface area (Å²) in [7, 11) is 1.76. The number of halogens is 1. The number of carbonyl (C=O) groups excluding carboxylic acids is 2. The highest BCUT2D eigenvalue weighted by molar-refractivity contribution is 8.01. The minimum Gasteiger partial charge on any atom is -0.493 e. The van der Waals surface area contributed by atoms with Crippen LogP contribution in [-0.2, 0) is 9.59 Å². The van der Waals surface area contributed by atoms with Gasteiger partial charge in [0.15, 0.2) is 0 Å². The molecule has 148 valence electrons. The van der Waals surface area contributed by atoms with Crippen molar-refractivity contribution in [1.29, 1.82) is 0 Å². The second kappa shape index (κ2) is 9.34. The number of aryl methyl sites for hydroxylation is 1. The smallest absolute Gasteiger partial charge is 0.238 e. The van der Waals surface area contributed by atoms with E-state index in [2.05, 4.69) is 5.32 Å². The Bertz CT molecular complexity index is 874. The van der Waals surface area contributed by atoms with Crippen molar-refractivity contribution in [3.05, 3.63) is 53.1 Å². The molecule has 3 rings (SSSR count). The minimum atomic E-state index is -0.438. The predicted octanol–water partition coefficient (Wildman–Crippen LogP) is 4.38. The highest BCUT2D eigenvalue weighted by Gasteiger charge is 2.30. The van der Waals surface area contributed by atoms with Crippen molar-refractivity contribution in [3.8, 4) is 5.75 Å². The molecule has 2 amide bonds. The number of rotatable bonds is 7. The molecule has 0 aromatic heterocycles. The van der Waals surface area contributed by atoms with Crippen LogP contribution in [0.25, 0.3) is 0 Å². The molecule has 0 fully saturated rings. The summed E-state index contributed by atoms with van der Waals surface area (Å²) >= 11 is 7.37. The van der Waals surface area contributed by atoms with E-state index in [1.807, 2.05) is 37.3 Å². The molecule has 5 nitrogen and oxygen atoms in total. The summed E-state index contributed by atoms with van der Waals surface area (Å²) in [5.41, 5.74) is 1.79. The van der Waals surface area contributed by atoms with Crippen molar-refractivity contribution in [2.75, 3.05) is 25.5 Å². The number of carbonyl (C=O) groups is 2. The number of benzene rings is 2. The molecule has 0 saturated carbocycles. The molecule has 0 aliphatic carbocycles. The summed E-state index contributed by atoms with van der Waals surface area (Å²) in [4.78, 5) is 27.4. The Morgan fingerprint density at radius 1 is 1.29 bits per heavy atom. The standard InChI is InChI=1S/C21H23ClN2O3S/c1-14-6-3-4-7-17(14)27-11-5-10-24(2)20(25)13-19-21(26)23-16-12-15(22)8-9-18(16)28-19/h3-4,6-9,12,19H,5,10-11,13H2,1-2H3,(H,23,26). The van der Waals surface area contributed by atoms with E-state index < -0.39 is 5.25 Å². The van der Waals surface area contributed by atoms with Crippen molar-refractivity contribution in [2.24, 2.45) is 0 Å². The lowest BCUT2D eigenvalue weighted by molar-refractivity contribution is -0.131. The van der Waals surface area contributed by atoms with Crippen LogP contribution in [0.3, 0.4) is 0 Å². The second-order valence-corrected chi connectivity index (χ2v) is 8.40. The molecule has 1 atom stereocenters. The molecule has 1 aliphatic rings. The lowest BCUT2D eigenvalue weighted by atomic mass is 10.2. The van der Waals surface area contributed by atoms with Crippen LogP contribution >= 0.6 is 23.4 Å². The van der Waals surface area contributed by atoms with E-state index >= 15 is 0 Å². The monoisotopic (exact) mass is 418 g/mol. The first-order valence-corrected chi connectivity index (χ1v) is 10.4. The van der Waals surface area contributed by atoms with Crippen molar-refractivity contribution >= 4 is 40.9 Å². The quantitative estimate of drug-likeness (QED) is 0.678. The molecule has 28 heavy (non-hydrogen) atoms. The normalized spacial score (nSPS) is 15.5. The highest BCUT2D eigenvalue weighted by atomic mass is 35.5. The Morgan fingerprint density at radius 3 is 2.86 bits per heavy atom. The van der Waals surface area contributed by atoms with Gasteiger partial charge in [-0.1, -0.05) is 29.8 Å². The Kier molecular flexibility index (Phi) is 6.86. The first-order valence-electron chi connectivity index (χ1n) is 9.13. The van der Waals surface area contributed by atoms with Gasteiger partial charge in [-0.25, -0.2) is 0 Å². The van der Waals surface area contributed by atoms with Gasteiger partial charge in [0.25, 0.3) is 0 Å². The molecular formula is C21H23ClN2O3S. The van der Waals surface area contributed by atoms with E-state index in [1.54, 1.807) is 24.1 Å². The topological polar surface area (TPSA) is 58.6 Å². The third-order valence-electron chi connectivity index (χ3n) is 4.54. The summed E-state index contributed by atoms with van der Waals surface area (Å²) in [5, 5.41) is 2.97. The minimum absolute atomic E-state index is 0.0547. The number of nitrogens with one attached hydrogen (secondary N) is 1. The van der Waals surface area contributed by atoms with Crippen molar-refractivity contribution < 1.29 is 14.3 Å². The molecule has 0 saturated heterocycles. The molecule has 0 bridgehead atoms. The van der Waals surface area contributed by atoms with Gasteiger partial charge in [0.2, 0.25) is 11.8 Å². The first-order chi connectivity index (χ1) is 13.4. The van der Waals surface area contributed by atoms with Gasteiger partial charge < -0.3 is 15.0 Å². The molecule has 7 heteroatoms. The molecule has 2 aromatic carbocycles. The largest absolute Gasteiger partial charge is 0.493 e. The van der Waals surface area contributed by atoms with Crippen LogP contribution in [0.1, 0.15) is 18.4 Å². The van der Waals surface area contributed by atoms with Crippen LogP contribution in [-0.4, -0.2) is 42.2 Å². The number of thioether (sulfide) groups is 1. The Morgan fingerprint density at radius 2 is 2.07 bits per heavy atom. The Labute approximate surface area is 174 Å². The molecule has 1 heterocycles. The van der Waals surface area contributed by atoms with Gasteiger partial charge in [0, 0.05) is 29.9 Å². The van der Waals surface area contributed by atoms with Gasteiger partial charge in [0.05, 0.1) is 17.5 Å². The summed E-state index contributed by atoms with van der Waals surface area (Å²) < 4.78 is 5.77. The lowest BCUT2D eigenvalue weighted by Crippen LogP contribution is -2.36. The summed E-state index contributed by atoms with van der Waals surface area (Å²) in [6.07, 6.45) is 0.885. The summed E-state index contributed by atoms with van der Waals surface area (Å²) in [5.74, 6) is 0.649. The molecule has 0 spiro atoms. The van der Waals surface area contributed by atoms with Gasteiger partial charge in [-0.3, -0.25) is 9.59 Å². The third-order valence-corrected chi connectivity index (χ3v) is 6.05. The average molecular weight is 419 g/mol. The highest BCUT2D eigenvalue weighted by Crippen LogP contribution is 2.38. The number of amides is 2. The third kappa shape index (κ3) is 5.20. The Hall–Kier alpha value is -2.18. The number of hydrogen-bond donors (Lipinski definition) is 1. The number of fused-ring (bicyclic) bond motifs is 1. The maximum Gasteiger partial charge on any atom is 0.238 e. The van der Waals surface area contributed by atoms with Crippen LogP contribution in [0.15, 0.2) is 47.4 Å². The van der Waals surface area contributed by atoms with Crippen LogP contribution in [0.5, 0.6) is 5.75 Å². The fraction of sp³-hybridized carbons (Fsp3) is 0.333. The van der Waals surface area contributed by atoms with Gasteiger partial charge in [-0.2, -0.15) is 0 Å². The molecule has 1 aliphatic heterocycles. The molecule has 2 aromatic rings. The average Bonchev–Trinajstić information content (AvgIpc) is 2.67. The summed E-state index contributed by atoms with van der Waals surface area (Å²) in [6.45, 7) is 3.12. The van der Waals surface area contributed by atoms with Crippen LogP contribution in [0.4, 0.5) is 5.69 Å². The zero-order chi connectivity index (χ0) is 20.1. The molecular weight excluding hydrogens is 396 g/mol. The van der Waals surface area contributed by atoms with E-state index in [0.29, 0.717) is 23.9 Å². The van der Waals surface area contributed by atoms with Crippen LogP contribution in [0.2, 0.25) is 5.02 Å². The number of ether oxygens (including phenoxy) is 1. The number of nitrogens with zero attached hydrogens (tertiary/aromatic N) is 1. The van der Waals surface area contributed by atoms with Gasteiger partial charge >= 0.3 is 0 Å². The maximum absolute atomic E-state index is 12.5. The molecule has 1 N–H and O–H groups in total. The van der Waals surface area contributed by atoms with E-state index in [0.717, 1.165) is 22.6 Å². The maximum atomic E-state index is 12.5. The van der Waals surface area contributed by atoms with Gasteiger partial charge in [-0.05, 0) is 43.2 Å². The van der Waals surface area contributed by atoms with E-state index in [9.17, 15) is 9.59 Å². The SMILES string of the molecule is Cc1ccccc1OCCCN(C)C(=O)CC1Sc2ccc(Cl)cc2NC1=O. The number of anilines is 1. The zero-order valence-electron chi connectivity index (χ0n) is 15.9. The first kappa shape index (κ1) is 20.6. The fourth-order valence-electron chi connectivity index (χ4n) is 2.90. The zero-order valence-corrected chi connectivity index (χ0v) is 17.5. The number of para-hydroxylation sites is 1. The molecule has 0 radical (unpaired) electrons. The van der Waals surface area contributed by atoms with Crippen molar-refractivity contribution in [3.63, 3.8) is 0 Å². The van der Waals surface area contributed by atoms with E-state index in [4.69, 9.17) is 16.3 Å². The fourth-order valence-corrected chi connectivity index (χ4v) is 4.15. The van der Waals surface area contributed by atoms with Crippen molar-refractivity contribution in [1.82, 2.24) is 4.90 Å². The van der Waals surface area contributed by atoms with Crippen molar-refractivity contribution in [2.45, 2.75) is 29.9 Å². The van der Waals surface area contributed by atoms with Crippen LogP contribution < -0.4 is 10.1 Å². The van der Waals surface area contributed by atoms with Gasteiger partial charge in [0.1, 0.15) is 5.75 Å². The summed E-state index contributed by atoms with van der Waals surface area (Å²) in [6, 6.07) is 13.2. The predicted molar refractivity (Wildman–Crippen MR) is 113 cm³/mol.